The van der Waals surface area contributed by atoms with Crippen LogP contribution in [0, 0.1) is 13.8 Å². The highest BCUT2D eigenvalue weighted by molar-refractivity contribution is 5.71. The van der Waals surface area contributed by atoms with E-state index in [-0.39, 0.29) is 0 Å². The first-order valence-corrected chi connectivity index (χ1v) is 4.72. The van der Waals surface area contributed by atoms with Crippen molar-refractivity contribution in [2.75, 3.05) is 0 Å². The van der Waals surface area contributed by atoms with Gasteiger partial charge in [-0.15, -0.1) is 0 Å². The number of hydrogen-bond acceptors (Lipinski definition) is 0. The quantitative estimate of drug-likeness (QED) is 0.556. The molecule has 0 N–H and O–H groups in total. The van der Waals surface area contributed by atoms with Crippen LogP contribution in [0.1, 0.15) is 28.7 Å². The Morgan fingerprint density at radius 3 is 1.77 bits per heavy atom. The first-order chi connectivity index (χ1) is 6.29. The van der Waals surface area contributed by atoms with Crippen molar-refractivity contribution in [3.8, 4) is 0 Å². The van der Waals surface area contributed by atoms with Gasteiger partial charge in [-0.2, -0.15) is 0 Å². The summed E-state index contributed by atoms with van der Waals surface area (Å²) in [5, 5.41) is 0. The van der Waals surface area contributed by atoms with Crippen molar-refractivity contribution in [2.45, 2.75) is 20.3 Å². The van der Waals surface area contributed by atoms with Crippen LogP contribution in [-0.2, 0) is 0 Å². The standard InChI is InChI=1S/C13H14/c1-10-8-9-11(2)13-7-5-3-4-6-12(10)13/h4-9H,3H2,1-2H3. The van der Waals surface area contributed by atoms with Crippen LogP contribution in [0.2, 0.25) is 0 Å². The second-order valence-corrected chi connectivity index (χ2v) is 3.57. The third-order valence-corrected chi connectivity index (χ3v) is 2.56. The molecule has 1 aromatic rings. The molecule has 0 saturated carbocycles. The first-order valence-electron chi connectivity index (χ1n) is 4.72. The molecule has 0 fully saturated rings. The fourth-order valence-corrected chi connectivity index (χ4v) is 1.75. The number of aryl methyl sites for hydroxylation is 2. The summed E-state index contributed by atoms with van der Waals surface area (Å²) >= 11 is 0. The molecule has 0 saturated heterocycles. The zero-order chi connectivity index (χ0) is 9.26. The Hall–Kier alpha value is -1.30. The van der Waals surface area contributed by atoms with Crippen molar-refractivity contribution in [3.05, 3.63) is 46.5 Å². The van der Waals surface area contributed by atoms with Crippen LogP contribution >= 0.6 is 0 Å². The van der Waals surface area contributed by atoms with Crippen molar-refractivity contribution < 1.29 is 0 Å². The average molecular weight is 170 g/mol. The SMILES string of the molecule is Cc1ccc(C)c2c1C=CCC=C2. The second kappa shape index (κ2) is 3.21. The van der Waals surface area contributed by atoms with Gasteiger partial charge in [0.05, 0.1) is 0 Å². The minimum atomic E-state index is 1.05. The summed E-state index contributed by atoms with van der Waals surface area (Å²) in [5.74, 6) is 0. The zero-order valence-electron chi connectivity index (χ0n) is 8.17. The average Bonchev–Trinajstić information content (AvgIpc) is 2.37. The molecule has 66 valence electrons. The highest BCUT2D eigenvalue weighted by atomic mass is 14.1. The van der Waals surface area contributed by atoms with Crippen molar-refractivity contribution in [3.63, 3.8) is 0 Å². The number of benzene rings is 1. The molecule has 0 aromatic heterocycles. The van der Waals surface area contributed by atoms with Gasteiger partial charge in [0, 0.05) is 0 Å². The van der Waals surface area contributed by atoms with Gasteiger partial charge in [0.1, 0.15) is 0 Å². The van der Waals surface area contributed by atoms with Crippen molar-refractivity contribution in [2.24, 2.45) is 0 Å². The van der Waals surface area contributed by atoms with Gasteiger partial charge in [-0.1, -0.05) is 36.4 Å². The van der Waals surface area contributed by atoms with Crippen LogP contribution in [0.25, 0.3) is 12.2 Å². The maximum atomic E-state index is 2.23. The molecule has 0 heteroatoms. The zero-order valence-corrected chi connectivity index (χ0v) is 8.17. The third kappa shape index (κ3) is 1.44. The number of allylic oxidation sites excluding steroid dienone is 2. The molecule has 0 radical (unpaired) electrons. The monoisotopic (exact) mass is 170 g/mol. The Bertz CT molecular complexity index is 344. The summed E-state index contributed by atoms with van der Waals surface area (Å²) in [7, 11) is 0. The lowest BCUT2D eigenvalue weighted by Gasteiger charge is -2.07. The summed E-state index contributed by atoms with van der Waals surface area (Å²) < 4.78 is 0. The van der Waals surface area contributed by atoms with Gasteiger partial charge >= 0.3 is 0 Å². The normalized spacial score (nSPS) is 14.0. The highest BCUT2D eigenvalue weighted by Crippen LogP contribution is 2.23. The molecule has 1 aliphatic carbocycles. The van der Waals surface area contributed by atoms with E-state index in [1.807, 2.05) is 0 Å². The van der Waals surface area contributed by atoms with Gasteiger partial charge in [0.2, 0.25) is 0 Å². The number of rotatable bonds is 0. The molecule has 0 atom stereocenters. The Labute approximate surface area is 79.6 Å². The molecule has 0 spiro atoms. The molecule has 0 amide bonds. The minimum Gasteiger partial charge on any atom is -0.0801 e. The van der Waals surface area contributed by atoms with Gasteiger partial charge in [-0.25, -0.2) is 0 Å². The number of fused-ring (bicyclic) bond motifs is 1. The molecule has 1 aliphatic rings. The van der Waals surface area contributed by atoms with Gasteiger partial charge in [-0.05, 0) is 42.5 Å². The summed E-state index contributed by atoms with van der Waals surface area (Å²) in [5.41, 5.74) is 5.49. The molecule has 0 aliphatic heterocycles. The van der Waals surface area contributed by atoms with E-state index >= 15 is 0 Å². The van der Waals surface area contributed by atoms with Crippen molar-refractivity contribution in [1.82, 2.24) is 0 Å². The van der Waals surface area contributed by atoms with Crippen molar-refractivity contribution in [1.29, 1.82) is 0 Å². The molecule has 0 heterocycles. The molecule has 0 nitrogen and oxygen atoms in total. The smallest absolute Gasteiger partial charge is 0.0155 e. The van der Waals surface area contributed by atoms with Gasteiger partial charge in [0.25, 0.3) is 0 Å². The van der Waals surface area contributed by atoms with E-state index in [4.69, 9.17) is 0 Å². The lowest BCUT2D eigenvalue weighted by atomic mass is 9.97. The second-order valence-electron chi connectivity index (χ2n) is 3.57. The molecule has 0 bridgehead atoms. The van der Waals surface area contributed by atoms with Crippen LogP contribution in [0.3, 0.4) is 0 Å². The van der Waals surface area contributed by atoms with E-state index < -0.39 is 0 Å². The Kier molecular flexibility index (Phi) is 2.05. The predicted octanol–water partition coefficient (Wildman–Crippen LogP) is 3.73. The Balaban J connectivity index is 2.71. The van der Waals surface area contributed by atoms with Gasteiger partial charge < -0.3 is 0 Å². The van der Waals surface area contributed by atoms with Gasteiger partial charge in [0.15, 0.2) is 0 Å². The fraction of sp³-hybridized carbons (Fsp3) is 0.231. The predicted molar refractivity (Wildman–Crippen MR) is 58.6 cm³/mol. The first kappa shape index (κ1) is 8.31. The molecule has 1 aromatic carbocycles. The summed E-state index contributed by atoms with van der Waals surface area (Å²) in [4.78, 5) is 0. The van der Waals surface area contributed by atoms with E-state index in [0.717, 1.165) is 6.42 Å². The largest absolute Gasteiger partial charge is 0.0801 e. The van der Waals surface area contributed by atoms with E-state index in [2.05, 4.69) is 50.3 Å². The molecule has 0 unspecified atom stereocenters. The van der Waals surface area contributed by atoms with Crippen LogP contribution in [0.5, 0.6) is 0 Å². The lowest BCUT2D eigenvalue weighted by Crippen LogP contribution is -1.89. The topological polar surface area (TPSA) is 0 Å². The van der Waals surface area contributed by atoms with Crippen LogP contribution in [0.15, 0.2) is 24.3 Å². The van der Waals surface area contributed by atoms with Gasteiger partial charge in [-0.3, -0.25) is 0 Å². The molecular formula is C13H14. The van der Waals surface area contributed by atoms with Crippen LogP contribution in [-0.4, -0.2) is 0 Å². The third-order valence-electron chi connectivity index (χ3n) is 2.56. The van der Waals surface area contributed by atoms with E-state index in [1.165, 1.54) is 22.3 Å². The minimum absolute atomic E-state index is 1.05. The molecular weight excluding hydrogens is 156 g/mol. The van der Waals surface area contributed by atoms with Crippen LogP contribution in [0.4, 0.5) is 0 Å². The van der Waals surface area contributed by atoms with E-state index in [0.29, 0.717) is 0 Å². The summed E-state index contributed by atoms with van der Waals surface area (Å²) in [6, 6.07) is 4.38. The maximum Gasteiger partial charge on any atom is -0.0155 e. The summed E-state index contributed by atoms with van der Waals surface area (Å²) in [6.07, 6.45) is 9.95. The lowest BCUT2D eigenvalue weighted by molar-refractivity contribution is 1.36. The fourth-order valence-electron chi connectivity index (χ4n) is 1.75. The Morgan fingerprint density at radius 1 is 0.846 bits per heavy atom. The van der Waals surface area contributed by atoms with E-state index in [1.54, 1.807) is 0 Å². The molecule has 2 rings (SSSR count). The molecule has 13 heavy (non-hydrogen) atoms. The van der Waals surface area contributed by atoms with Crippen molar-refractivity contribution >= 4 is 12.2 Å². The highest BCUT2D eigenvalue weighted by Gasteiger charge is 2.04. The summed E-state index contributed by atoms with van der Waals surface area (Å²) in [6.45, 7) is 4.34. The van der Waals surface area contributed by atoms with E-state index in [9.17, 15) is 0 Å². The number of hydrogen-bond donors (Lipinski definition) is 0. The van der Waals surface area contributed by atoms with Crippen LogP contribution < -0.4 is 0 Å². The maximum absolute atomic E-state index is 2.23. The Morgan fingerprint density at radius 2 is 1.31 bits per heavy atom.